The number of pyridine rings is 1. The summed E-state index contributed by atoms with van der Waals surface area (Å²) in [6.07, 6.45) is 1.06. The molecule has 0 bridgehead atoms. The third-order valence-corrected chi connectivity index (χ3v) is 1.06. The first kappa shape index (κ1) is 7.15. The average Bonchev–Trinajstić information content (AvgIpc) is 2.05. The third-order valence-electron chi connectivity index (χ3n) is 1.06. The molecule has 5 nitrogen and oxygen atoms in total. The van der Waals surface area contributed by atoms with E-state index in [0.29, 0.717) is 0 Å². The average molecular weight is 149 g/mol. The minimum atomic E-state index is -0.555. The molecule has 5 heteroatoms. The van der Waals surface area contributed by atoms with Crippen molar-refractivity contribution in [2.24, 2.45) is 0 Å². The van der Waals surface area contributed by atoms with Crippen molar-refractivity contribution < 1.29 is 4.92 Å². The number of nitrogens with zero attached hydrogens (tertiary/aromatic N) is 3. The Hall–Kier alpha value is -1.96. The van der Waals surface area contributed by atoms with Crippen LogP contribution in [0.2, 0.25) is 0 Å². The highest BCUT2D eigenvalue weighted by Gasteiger charge is 2.05. The van der Waals surface area contributed by atoms with Crippen LogP contribution in [-0.2, 0) is 0 Å². The minimum absolute atomic E-state index is 0.0996. The molecule has 0 spiro atoms. The monoisotopic (exact) mass is 149 g/mol. The van der Waals surface area contributed by atoms with E-state index in [1.807, 2.05) is 0 Å². The zero-order chi connectivity index (χ0) is 8.27. The van der Waals surface area contributed by atoms with Gasteiger partial charge in [0.15, 0.2) is 6.20 Å². The van der Waals surface area contributed by atoms with Crippen LogP contribution in [0.15, 0.2) is 18.3 Å². The summed E-state index contributed by atoms with van der Waals surface area (Å²) in [6.45, 7) is 6.51. The van der Waals surface area contributed by atoms with Crippen LogP contribution in [0.25, 0.3) is 4.85 Å². The number of rotatable bonds is 1. The molecule has 0 unspecified atom stereocenters. The number of nitro groups is 1. The first-order valence-electron chi connectivity index (χ1n) is 2.72. The molecule has 54 valence electrons. The summed E-state index contributed by atoms with van der Waals surface area (Å²) < 4.78 is 0. The van der Waals surface area contributed by atoms with Gasteiger partial charge in [-0.1, -0.05) is 6.57 Å². The van der Waals surface area contributed by atoms with Crippen molar-refractivity contribution in [3.63, 3.8) is 0 Å². The first-order valence-corrected chi connectivity index (χ1v) is 2.72. The van der Waals surface area contributed by atoms with Crippen molar-refractivity contribution in [1.29, 1.82) is 0 Å². The number of hydrogen-bond acceptors (Lipinski definition) is 3. The van der Waals surface area contributed by atoms with Gasteiger partial charge in [-0.15, -0.1) is 4.98 Å². The maximum atomic E-state index is 10.1. The second-order valence-electron chi connectivity index (χ2n) is 1.74. The molecule has 0 saturated carbocycles. The van der Waals surface area contributed by atoms with Crippen LogP contribution in [0.4, 0.5) is 11.5 Å². The fourth-order valence-electron chi connectivity index (χ4n) is 0.552. The molecule has 0 saturated heterocycles. The maximum Gasteiger partial charge on any atom is 0.309 e. The Morgan fingerprint density at radius 2 is 2.36 bits per heavy atom. The van der Waals surface area contributed by atoms with Crippen LogP contribution in [0.1, 0.15) is 0 Å². The topological polar surface area (TPSA) is 60.4 Å². The van der Waals surface area contributed by atoms with Crippen LogP contribution >= 0.6 is 0 Å². The van der Waals surface area contributed by atoms with E-state index in [-0.39, 0.29) is 11.5 Å². The van der Waals surface area contributed by atoms with Crippen LogP contribution in [0.5, 0.6) is 0 Å². The van der Waals surface area contributed by atoms with E-state index in [4.69, 9.17) is 6.57 Å². The van der Waals surface area contributed by atoms with E-state index in [9.17, 15) is 10.1 Å². The molecule has 0 atom stereocenters. The molecular formula is C6H3N3O2. The standard InChI is InChI=1S/C6H3N3O2/c1-7-6-3-2-5(4-8-6)9(10)11/h2-4H. The van der Waals surface area contributed by atoms with E-state index < -0.39 is 4.92 Å². The molecule has 0 aliphatic heterocycles. The molecule has 1 rings (SSSR count). The van der Waals surface area contributed by atoms with Crippen molar-refractivity contribution in [3.8, 4) is 0 Å². The Morgan fingerprint density at radius 3 is 2.73 bits per heavy atom. The highest BCUT2D eigenvalue weighted by Crippen LogP contribution is 2.13. The maximum absolute atomic E-state index is 10.1. The molecule has 1 aromatic heterocycles. The number of aromatic nitrogens is 1. The normalized spacial score (nSPS) is 8.64. The summed E-state index contributed by atoms with van der Waals surface area (Å²) in [6, 6.07) is 2.56. The fraction of sp³-hybridized carbons (Fsp3) is 0. The van der Waals surface area contributed by atoms with Crippen molar-refractivity contribution in [2.75, 3.05) is 0 Å². The lowest BCUT2D eigenvalue weighted by molar-refractivity contribution is -0.385. The van der Waals surface area contributed by atoms with Crippen LogP contribution in [-0.4, -0.2) is 9.91 Å². The Balaban J connectivity index is 3.03. The highest BCUT2D eigenvalue weighted by molar-refractivity contribution is 5.40. The van der Waals surface area contributed by atoms with Crippen molar-refractivity contribution in [2.45, 2.75) is 0 Å². The lowest BCUT2D eigenvalue weighted by Gasteiger charge is -1.86. The highest BCUT2D eigenvalue weighted by atomic mass is 16.6. The molecule has 1 aromatic rings. The van der Waals surface area contributed by atoms with Gasteiger partial charge in [-0.2, -0.15) is 0 Å². The Bertz CT molecular complexity index is 312. The third kappa shape index (κ3) is 1.49. The van der Waals surface area contributed by atoms with Gasteiger partial charge in [-0.25, -0.2) is 0 Å². The Kier molecular flexibility index (Phi) is 1.79. The Labute approximate surface area is 62.3 Å². The van der Waals surface area contributed by atoms with Crippen molar-refractivity contribution >= 4 is 11.5 Å². The molecule has 0 aliphatic carbocycles. The van der Waals surface area contributed by atoms with Crippen LogP contribution < -0.4 is 0 Å². The predicted octanol–water partition coefficient (Wildman–Crippen LogP) is 1.54. The van der Waals surface area contributed by atoms with Crippen molar-refractivity contribution in [1.82, 2.24) is 4.98 Å². The molecule has 0 N–H and O–H groups in total. The van der Waals surface area contributed by atoms with E-state index in [2.05, 4.69) is 9.83 Å². The van der Waals surface area contributed by atoms with E-state index in [0.717, 1.165) is 6.20 Å². The number of hydrogen-bond donors (Lipinski definition) is 0. The molecule has 0 aromatic carbocycles. The van der Waals surface area contributed by atoms with Gasteiger partial charge in [0.1, 0.15) is 0 Å². The van der Waals surface area contributed by atoms with E-state index >= 15 is 0 Å². The molecule has 0 amide bonds. The molecular weight excluding hydrogens is 146 g/mol. The molecule has 0 fully saturated rings. The van der Waals surface area contributed by atoms with Gasteiger partial charge < -0.3 is 4.85 Å². The summed E-state index contributed by atoms with van der Waals surface area (Å²) in [4.78, 5) is 16.0. The second kappa shape index (κ2) is 2.75. The van der Waals surface area contributed by atoms with Gasteiger partial charge in [0.2, 0.25) is 0 Å². The zero-order valence-electron chi connectivity index (χ0n) is 5.39. The predicted molar refractivity (Wildman–Crippen MR) is 37.2 cm³/mol. The smallest absolute Gasteiger partial charge is 0.309 e. The lowest BCUT2D eigenvalue weighted by Crippen LogP contribution is -1.87. The summed E-state index contributed by atoms with van der Waals surface area (Å²) in [5, 5.41) is 10.1. The second-order valence-corrected chi connectivity index (χ2v) is 1.74. The molecule has 11 heavy (non-hydrogen) atoms. The lowest BCUT2D eigenvalue weighted by atomic mass is 10.4. The van der Waals surface area contributed by atoms with E-state index in [1.54, 1.807) is 0 Å². The molecule has 1 heterocycles. The molecule has 0 radical (unpaired) electrons. The van der Waals surface area contributed by atoms with Gasteiger partial charge in [0.05, 0.1) is 4.92 Å². The largest absolute Gasteiger partial charge is 0.361 e. The summed E-state index contributed by atoms with van der Waals surface area (Å²) in [5.41, 5.74) is -0.0996. The van der Waals surface area contributed by atoms with Crippen molar-refractivity contribution in [3.05, 3.63) is 39.9 Å². The van der Waals surface area contributed by atoms with E-state index in [1.165, 1.54) is 12.1 Å². The summed E-state index contributed by atoms with van der Waals surface area (Å²) >= 11 is 0. The van der Waals surface area contributed by atoms with Gasteiger partial charge in [0, 0.05) is 6.07 Å². The van der Waals surface area contributed by atoms with Crippen LogP contribution in [0, 0.1) is 16.7 Å². The van der Waals surface area contributed by atoms with Gasteiger partial charge in [-0.3, -0.25) is 10.1 Å². The quantitative estimate of drug-likeness (QED) is 0.345. The first-order chi connectivity index (χ1) is 5.24. The van der Waals surface area contributed by atoms with Gasteiger partial charge >= 0.3 is 5.69 Å². The fourth-order valence-corrected chi connectivity index (χ4v) is 0.552. The Morgan fingerprint density at radius 1 is 1.64 bits per heavy atom. The van der Waals surface area contributed by atoms with Gasteiger partial charge in [-0.05, 0) is 6.07 Å². The SMILES string of the molecule is [C-]#[N+]c1ccc([N+](=O)[O-])cn1. The summed E-state index contributed by atoms with van der Waals surface area (Å²) in [7, 11) is 0. The van der Waals surface area contributed by atoms with Gasteiger partial charge in [0.25, 0.3) is 5.82 Å². The summed E-state index contributed by atoms with van der Waals surface area (Å²) in [5.74, 6) is 0.163. The van der Waals surface area contributed by atoms with Crippen LogP contribution in [0.3, 0.4) is 0 Å². The zero-order valence-corrected chi connectivity index (χ0v) is 5.39. The minimum Gasteiger partial charge on any atom is -0.361 e. The molecule has 0 aliphatic rings.